The van der Waals surface area contributed by atoms with Gasteiger partial charge in [-0.3, -0.25) is 4.79 Å². The average Bonchev–Trinajstić information content (AvgIpc) is 2.29. The molecule has 2 heteroatoms. The molecule has 1 aromatic carbocycles. The number of rotatable bonds is 7. The number of benzene rings is 1. The Kier molecular flexibility index (Phi) is 5.62. The second-order valence-electron chi connectivity index (χ2n) is 4.17. The van der Waals surface area contributed by atoms with Crippen LogP contribution in [-0.2, 0) is 0 Å². The Morgan fingerprint density at radius 3 is 2.50 bits per heavy atom. The van der Waals surface area contributed by atoms with Crippen LogP contribution in [0.3, 0.4) is 0 Å². The number of Topliss-reactive ketones (excluding diaryl/α,β-unsaturated/α-hetero) is 1. The minimum Gasteiger partial charge on any atom is -0.398 e. The lowest BCUT2D eigenvalue weighted by molar-refractivity contribution is 0.0980. The van der Waals surface area contributed by atoms with Crippen LogP contribution in [0.25, 0.3) is 0 Å². The van der Waals surface area contributed by atoms with E-state index in [1.165, 1.54) is 19.3 Å². The molecule has 0 radical (unpaired) electrons. The lowest BCUT2D eigenvalue weighted by Crippen LogP contribution is -2.03. The fourth-order valence-corrected chi connectivity index (χ4v) is 1.77. The van der Waals surface area contributed by atoms with Crippen LogP contribution >= 0.6 is 0 Å². The van der Waals surface area contributed by atoms with E-state index in [-0.39, 0.29) is 5.78 Å². The molecule has 0 aliphatic rings. The van der Waals surface area contributed by atoms with Gasteiger partial charge in [0.25, 0.3) is 0 Å². The number of nitrogens with two attached hydrogens (primary N) is 1. The smallest absolute Gasteiger partial charge is 0.164 e. The minimum absolute atomic E-state index is 0.176. The highest BCUT2D eigenvalue weighted by Crippen LogP contribution is 2.15. The lowest BCUT2D eigenvalue weighted by atomic mass is 10.0. The quantitative estimate of drug-likeness (QED) is 0.430. The van der Waals surface area contributed by atoms with Gasteiger partial charge in [-0.25, -0.2) is 0 Å². The first-order chi connectivity index (χ1) is 7.75. The van der Waals surface area contributed by atoms with Crippen molar-refractivity contribution in [1.82, 2.24) is 0 Å². The molecule has 0 aromatic heterocycles. The number of para-hydroxylation sites is 1. The summed E-state index contributed by atoms with van der Waals surface area (Å²) in [7, 11) is 0. The molecule has 0 saturated heterocycles. The number of carbonyl (C=O) groups excluding carboxylic acids is 1. The highest BCUT2D eigenvalue weighted by Gasteiger charge is 2.07. The van der Waals surface area contributed by atoms with Crippen LogP contribution in [0, 0.1) is 0 Å². The summed E-state index contributed by atoms with van der Waals surface area (Å²) in [6.07, 6.45) is 6.48. The summed E-state index contributed by atoms with van der Waals surface area (Å²) in [5.74, 6) is 0.176. The second kappa shape index (κ2) is 7.04. The number of unbranched alkanes of at least 4 members (excludes halogenated alkanes) is 4. The Morgan fingerprint density at radius 2 is 1.81 bits per heavy atom. The van der Waals surface area contributed by atoms with E-state index in [4.69, 9.17) is 5.73 Å². The van der Waals surface area contributed by atoms with Gasteiger partial charge in [-0.05, 0) is 18.6 Å². The van der Waals surface area contributed by atoms with Crippen molar-refractivity contribution in [1.29, 1.82) is 0 Å². The van der Waals surface area contributed by atoms with Crippen molar-refractivity contribution in [2.45, 2.75) is 45.4 Å². The summed E-state index contributed by atoms with van der Waals surface area (Å²) in [5, 5.41) is 0. The summed E-state index contributed by atoms with van der Waals surface area (Å²) in [6, 6.07) is 7.31. The summed E-state index contributed by atoms with van der Waals surface area (Å²) in [5.41, 5.74) is 7.03. The van der Waals surface area contributed by atoms with Gasteiger partial charge < -0.3 is 5.73 Å². The van der Waals surface area contributed by atoms with Gasteiger partial charge >= 0.3 is 0 Å². The van der Waals surface area contributed by atoms with E-state index in [1.807, 2.05) is 18.2 Å². The fourth-order valence-electron chi connectivity index (χ4n) is 1.77. The van der Waals surface area contributed by atoms with E-state index < -0.39 is 0 Å². The zero-order valence-electron chi connectivity index (χ0n) is 10.0. The van der Waals surface area contributed by atoms with Crippen molar-refractivity contribution in [2.24, 2.45) is 0 Å². The van der Waals surface area contributed by atoms with Gasteiger partial charge in [0.2, 0.25) is 0 Å². The van der Waals surface area contributed by atoms with Gasteiger partial charge in [0.15, 0.2) is 5.78 Å². The van der Waals surface area contributed by atoms with Crippen LogP contribution in [0.5, 0.6) is 0 Å². The molecule has 1 rings (SSSR count). The van der Waals surface area contributed by atoms with Crippen molar-refractivity contribution in [3.05, 3.63) is 29.8 Å². The molecule has 16 heavy (non-hydrogen) atoms. The van der Waals surface area contributed by atoms with Crippen LogP contribution in [0.1, 0.15) is 55.8 Å². The Morgan fingerprint density at radius 1 is 1.12 bits per heavy atom. The molecular formula is C14H21NO. The van der Waals surface area contributed by atoms with Gasteiger partial charge in [-0.2, -0.15) is 0 Å². The molecule has 88 valence electrons. The molecule has 2 nitrogen and oxygen atoms in total. The van der Waals surface area contributed by atoms with Crippen molar-refractivity contribution < 1.29 is 4.79 Å². The topological polar surface area (TPSA) is 43.1 Å². The predicted molar refractivity (Wildman–Crippen MR) is 68.6 cm³/mol. The Balaban J connectivity index is 2.33. The molecule has 0 saturated carbocycles. The number of ketones is 1. The number of anilines is 1. The van der Waals surface area contributed by atoms with Gasteiger partial charge in [0.05, 0.1) is 0 Å². The third-order valence-corrected chi connectivity index (χ3v) is 2.77. The normalized spacial score (nSPS) is 10.3. The molecule has 2 N–H and O–H groups in total. The first-order valence-corrected chi connectivity index (χ1v) is 6.13. The number of nitrogen functional groups attached to an aromatic ring is 1. The standard InChI is InChI=1S/C14H21NO/c1-2-3-4-5-6-11-14(16)12-9-7-8-10-13(12)15/h7-10H,2-6,11,15H2,1H3. The highest BCUT2D eigenvalue weighted by atomic mass is 16.1. The maximum atomic E-state index is 11.8. The van der Waals surface area contributed by atoms with Crippen LogP contribution in [0.2, 0.25) is 0 Å². The Bertz CT molecular complexity index is 333. The van der Waals surface area contributed by atoms with E-state index in [2.05, 4.69) is 6.92 Å². The third-order valence-electron chi connectivity index (χ3n) is 2.77. The molecule has 0 heterocycles. The van der Waals surface area contributed by atoms with E-state index in [0.29, 0.717) is 17.7 Å². The molecule has 0 spiro atoms. The van der Waals surface area contributed by atoms with Crippen molar-refractivity contribution in [2.75, 3.05) is 5.73 Å². The fraction of sp³-hybridized carbons (Fsp3) is 0.500. The molecule has 0 unspecified atom stereocenters. The number of hydrogen-bond donors (Lipinski definition) is 1. The van der Waals surface area contributed by atoms with Crippen LogP contribution in [-0.4, -0.2) is 5.78 Å². The molecule has 0 aliphatic heterocycles. The SMILES string of the molecule is CCCCCCCC(=O)c1ccccc1N. The van der Waals surface area contributed by atoms with Crippen LogP contribution < -0.4 is 5.73 Å². The summed E-state index contributed by atoms with van der Waals surface area (Å²) in [4.78, 5) is 11.8. The molecule has 0 amide bonds. The molecule has 0 aliphatic carbocycles. The molecular weight excluding hydrogens is 198 g/mol. The maximum Gasteiger partial charge on any atom is 0.164 e. The maximum absolute atomic E-state index is 11.8. The molecule has 0 bridgehead atoms. The average molecular weight is 219 g/mol. The summed E-state index contributed by atoms with van der Waals surface area (Å²) < 4.78 is 0. The highest BCUT2D eigenvalue weighted by molar-refractivity contribution is 6.00. The molecule has 0 fully saturated rings. The Labute approximate surface area is 97.9 Å². The minimum atomic E-state index is 0.176. The largest absolute Gasteiger partial charge is 0.398 e. The van der Waals surface area contributed by atoms with Crippen LogP contribution in [0.4, 0.5) is 5.69 Å². The van der Waals surface area contributed by atoms with Gasteiger partial charge in [-0.15, -0.1) is 0 Å². The Hall–Kier alpha value is -1.31. The predicted octanol–water partition coefficient (Wildman–Crippen LogP) is 3.81. The van der Waals surface area contributed by atoms with Crippen molar-refractivity contribution >= 4 is 11.5 Å². The van der Waals surface area contributed by atoms with E-state index in [9.17, 15) is 4.79 Å². The van der Waals surface area contributed by atoms with E-state index >= 15 is 0 Å². The van der Waals surface area contributed by atoms with E-state index in [0.717, 1.165) is 12.8 Å². The molecule has 1 aromatic rings. The van der Waals surface area contributed by atoms with E-state index in [1.54, 1.807) is 6.07 Å². The zero-order chi connectivity index (χ0) is 11.8. The molecule has 0 atom stereocenters. The van der Waals surface area contributed by atoms with Gasteiger partial charge in [0.1, 0.15) is 0 Å². The number of carbonyl (C=O) groups is 1. The summed E-state index contributed by atoms with van der Waals surface area (Å²) in [6.45, 7) is 2.19. The number of hydrogen-bond acceptors (Lipinski definition) is 2. The lowest BCUT2D eigenvalue weighted by Gasteiger charge is -2.04. The van der Waals surface area contributed by atoms with Crippen molar-refractivity contribution in [3.8, 4) is 0 Å². The summed E-state index contributed by atoms with van der Waals surface area (Å²) >= 11 is 0. The first-order valence-electron chi connectivity index (χ1n) is 6.13. The van der Waals surface area contributed by atoms with Gasteiger partial charge in [-0.1, -0.05) is 44.7 Å². The zero-order valence-corrected chi connectivity index (χ0v) is 10.0. The first kappa shape index (κ1) is 12.8. The van der Waals surface area contributed by atoms with Crippen LogP contribution in [0.15, 0.2) is 24.3 Å². The monoisotopic (exact) mass is 219 g/mol. The second-order valence-corrected chi connectivity index (χ2v) is 4.17. The van der Waals surface area contributed by atoms with Crippen molar-refractivity contribution in [3.63, 3.8) is 0 Å². The van der Waals surface area contributed by atoms with Gasteiger partial charge in [0, 0.05) is 17.7 Å². The third kappa shape index (κ3) is 4.05.